The third-order valence-corrected chi connectivity index (χ3v) is 5.41. The van der Waals surface area contributed by atoms with Gasteiger partial charge in [0.15, 0.2) is 15.6 Å². The lowest BCUT2D eigenvalue weighted by Gasteiger charge is -2.14. The highest BCUT2D eigenvalue weighted by molar-refractivity contribution is 7.90. The molecule has 2 aromatic rings. The third-order valence-electron chi connectivity index (χ3n) is 3.72. The van der Waals surface area contributed by atoms with Gasteiger partial charge in [0.05, 0.1) is 28.9 Å². The molecule has 0 aliphatic carbocycles. The first-order valence-electron chi connectivity index (χ1n) is 8.53. The molecular formula is C19H23NO6S. The highest BCUT2D eigenvalue weighted by Crippen LogP contribution is 2.20. The number of esters is 1. The molecule has 8 heteroatoms. The lowest BCUT2D eigenvalue weighted by molar-refractivity contribution is -0.151. The van der Waals surface area contributed by atoms with Gasteiger partial charge in [0.2, 0.25) is 0 Å². The lowest BCUT2D eigenvalue weighted by atomic mass is 10.2. The molecular weight excluding hydrogens is 370 g/mol. The fourth-order valence-electron chi connectivity index (χ4n) is 2.32. The summed E-state index contributed by atoms with van der Waals surface area (Å²) in [6.07, 6.45) is 1.02. The van der Waals surface area contributed by atoms with Gasteiger partial charge in [-0.2, -0.15) is 0 Å². The summed E-state index contributed by atoms with van der Waals surface area (Å²) in [6.45, 7) is 5.17. The van der Waals surface area contributed by atoms with Crippen molar-refractivity contribution in [3.63, 3.8) is 0 Å². The molecule has 7 nitrogen and oxygen atoms in total. The van der Waals surface area contributed by atoms with E-state index in [0.29, 0.717) is 0 Å². The van der Waals surface area contributed by atoms with Crippen LogP contribution in [0, 0.1) is 5.92 Å². The Balaban J connectivity index is 2.04. The van der Waals surface area contributed by atoms with Gasteiger partial charge < -0.3 is 14.5 Å². The number of sulfone groups is 1. The Labute approximate surface area is 158 Å². The second-order valence-electron chi connectivity index (χ2n) is 6.44. The number of benzene rings is 1. The molecule has 2 rings (SSSR count). The number of nitrogens with one attached hydrogen (secondary N) is 1. The minimum absolute atomic E-state index is 0.0515. The van der Waals surface area contributed by atoms with E-state index in [1.807, 2.05) is 0 Å². The van der Waals surface area contributed by atoms with Crippen molar-refractivity contribution in [3.8, 4) is 0 Å². The number of ether oxygens (including phenoxy) is 1. The minimum atomic E-state index is -3.61. The van der Waals surface area contributed by atoms with E-state index in [4.69, 9.17) is 9.15 Å². The predicted molar refractivity (Wildman–Crippen MR) is 98.8 cm³/mol. The maximum atomic E-state index is 12.5. The van der Waals surface area contributed by atoms with Crippen molar-refractivity contribution >= 4 is 21.7 Å². The number of amides is 1. The molecule has 1 unspecified atom stereocenters. The monoisotopic (exact) mass is 393 g/mol. The number of furan rings is 1. The number of carbonyl (C=O) groups is 2. The Morgan fingerprint density at radius 1 is 1.11 bits per heavy atom. The molecule has 0 fully saturated rings. The summed E-state index contributed by atoms with van der Waals surface area (Å²) < 4.78 is 35.2. The zero-order valence-electron chi connectivity index (χ0n) is 15.5. The maximum Gasteiger partial charge on any atom is 0.310 e. The van der Waals surface area contributed by atoms with Crippen LogP contribution in [-0.2, 0) is 25.1 Å². The Morgan fingerprint density at radius 2 is 1.78 bits per heavy atom. The van der Waals surface area contributed by atoms with Gasteiger partial charge in [0.25, 0.3) is 5.91 Å². The smallest absolute Gasteiger partial charge is 0.310 e. The lowest BCUT2D eigenvalue weighted by Crippen LogP contribution is -2.33. The quantitative estimate of drug-likeness (QED) is 0.692. The molecule has 0 radical (unpaired) electrons. The van der Waals surface area contributed by atoms with E-state index in [9.17, 15) is 18.0 Å². The van der Waals surface area contributed by atoms with Gasteiger partial charge in [-0.3, -0.25) is 9.59 Å². The Kier molecular flexibility index (Phi) is 6.79. The Bertz CT molecular complexity index is 886. The molecule has 1 N–H and O–H groups in total. The van der Waals surface area contributed by atoms with E-state index in [2.05, 4.69) is 5.32 Å². The third kappa shape index (κ3) is 5.68. The molecule has 0 saturated carbocycles. The second kappa shape index (κ2) is 8.85. The zero-order valence-corrected chi connectivity index (χ0v) is 16.3. The summed E-state index contributed by atoms with van der Waals surface area (Å²) in [5.41, 5.74) is 0.258. The first-order chi connectivity index (χ1) is 12.7. The highest BCUT2D eigenvalue weighted by atomic mass is 32.2. The molecule has 0 spiro atoms. The molecule has 0 bridgehead atoms. The van der Waals surface area contributed by atoms with Crippen LogP contribution in [0.1, 0.15) is 36.9 Å². The van der Waals surface area contributed by atoms with Crippen molar-refractivity contribution in [1.29, 1.82) is 0 Å². The average Bonchev–Trinajstić information content (AvgIpc) is 3.07. The van der Waals surface area contributed by atoms with E-state index in [1.165, 1.54) is 24.5 Å². The molecule has 1 aromatic heterocycles. The predicted octanol–water partition coefficient (Wildman–Crippen LogP) is 2.57. The summed E-state index contributed by atoms with van der Waals surface area (Å²) in [5, 5.41) is 2.58. The zero-order chi connectivity index (χ0) is 20.0. The van der Waals surface area contributed by atoms with Crippen molar-refractivity contribution in [1.82, 2.24) is 5.32 Å². The highest BCUT2D eigenvalue weighted by Gasteiger charge is 2.23. The van der Waals surface area contributed by atoms with Crippen LogP contribution in [-0.4, -0.2) is 32.9 Å². The molecule has 0 aliphatic rings. The minimum Gasteiger partial charge on any atom is -0.463 e. The maximum absolute atomic E-state index is 12.5. The van der Waals surface area contributed by atoms with Gasteiger partial charge in [-0.25, -0.2) is 8.42 Å². The second-order valence-corrected chi connectivity index (χ2v) is 8.43. The summed E-state index contributed by atoms with van der Waals surface area (Å²) in [4.78, 5) is 24.3. The summed E-state index contributed by atoms with van der Waals surface area (Å²) in [5.74, 6) is -1.98. The summed E-state index contributed by atoms with van der Waals surface area (Å²) >= 11 is 0. The fourth-order valence-corrected chi connectivity index (χ4v) is 3.70. The molecule has 1 amide bonds. The number of carbonyl (C=O) groups excluding carboxylic acids is 2. The van der Waals surface area contributed by atoms with Gasteiger partial charge in [-0.05, 0) is 32.0 Å². The van der Waals surface area contributed by atoms with Gasteiger partial charge >= 0.3 is 5.97 Å². The van der Waals surface area contributed by atoms with E-state index in [1.54, 1.807) is 39.0 Å². The molecule has 1 heterocycles. The van der Waals surface area contributed by atoms with Crippen molar-refractivity contribution in [2.24, 2.45) is 5.92 Å². The molecule has 1 atom stereocenters. The van der Waals surface area contributed by atoms with Crippen molar-refractivity contribution in [3.05, 3.63) is 54.0 Å². The van der Waals surface area contributed by atoms with Crippen LogP contribution in [0.25, 0.3) is 0 Å². The van der Waals surface area contributed by atoms with E-state index in [0.717, 1.165) is 0 Å². The SMILES string of the molecule is CC(C)OC(=O)C(C)CNC(=O)c1occc1CS(=O)(=O)c1ccccc1. The standard InChI is InChI=1S/C19H23NO6S/c1-13(2)26-19(22)14(3)11-20-18(21)17-15(9-10-25-17)12-27(23,24)16-7-5-4-6-8-16/h4-10,13-14H,11-12H2,1-3H3,(H,20,21). The normalized spacial score (nSPS) is 12.6. The van der Waals surface area contributed by atoms with Crippen LogP contribution in [0.2, 0.25) is 0 Å². The molecule has 1 aromatic carbocycles. The van der Waals surface area contributed by atoms with E-state index in [-0.39, 0.29) is 34.6 Å². The number of hydrogen-bond donors (Lipinski definition) is 1. The van der Waals surface area contributed by atoms with Crippen LogP contribution >= 0.6 is 0 Å². The molecule has 27 heavy (non-hydrogen) atoms. The Hall–Kier alpha value is -2.61. The van der Waals surface area contributed by atoms with E-state index >= 15 is 0 Å². The molecule has 146 valence electrons. The molecule has 0 saturated heterocycles. The van der Waals surface area contributed by atoms with Gasteiger partial charge in [0.1, 0.15) is 0 Å². The van der Waals surface area contributed by atoms with Crippen molar-refractivity contribution in [2.75, 3.05) is 6.54 Å². The van der Waals surface area contributed by atoms with Gasteiger partial charge in [-0.1, -0.05) is 25.1 Å². The number of hydrogen-bond acceptors (Lipinski definition) is 6. The van der Waals surface area contributed by atoms with Crippen LogP contribution in [0.15, 0.2) is 52.0 Å². The fraction of sp³-hybridized carbons (Fsp3) is 0.368. The van der Waals surface area contributed by atoms with Crippen LogP contribution < -0.4 is 5.32 Å². The number of rotatable bonds is 8. The van der Waals surface area contributed by atoms with Crippen LogP contribution in [0.3, 0.4) is 0 Å². The summed E-state index contributed by atoms with van der Waals surface area (Å²) in [7, 11) is -3.61. The Morgan fingerprint density at radius 3 is 2.41 bits per heavy atom. The van der Waals surface area contributed by atoms with E-state index < -0.39 is 27.6 Å². The van der Waals surface area contributed by atoms with Crippen LogP contribution in [0.4, 0.5) is 0 Å². The van der Waals surface area contributed by atoms with Crippen molar-refractivity contribution in [2.45, 2.75) is 37.5 Å². The first kappa shape index (κ1) is 20.7. The largest absolute Gasteiger partial charge is 0.463 e. The van der Waals surface area contributed by atoms with Crippen LogP contribution in [0.5, 0.6) is 0 Å². The van der Waals surface area contributed by atoms with Gasteiger partial charge in [-0.15, -0.1) is 0 Å². The summed E-state index contributed by atoms with van der Waals surface area (Å²) in [6, 6.07) is 9.43. The van der Waals surface area contributed by atoms with Gasteiger partial charge in [0, 0.05) is 12.1 Å². The average molecular weight is 393 g/mol. The topological polar surface area (TPSA) is 103 Å². The first-order valence-corrected chi connectivity index (χ1v) is 10.2. The van der Waals surface area contributed by atoms with Crippen molar-refractivity contribution < 1.29 is 27.2 Å². The molecule has 0 aliphatic heterocycles.